The summed E-state index contributed by atoms with van der Waals surface area (Å²) < 4.78 is 36.0. The van der Waals surface area contributed by atoms with Crippen molar-refractivity contribution in [1.29, 1.82) is 0 Å². The molecular formula is C15H24ClN3O5S. The molecule has 10 heteroatoms. The van der Waals surface area contributed by atoms with E-state index >= 15 is 0 Å². The van der Waals surface area contributed by atoms with Gasteiger partial charge in [0.1, 0.15) is 0 Å². The molecule has 1 heterocycles. The zero-order valence-corrected chi connectivity index (χ0v) is 16.1. The van der Waals surface area contributed by atoms with Crippen molar-refractivity contribution in [3.8, 4) is 11.5 Å². The molecule has 1 amide bonds. The minimum atomic E-state index is -3.54. The molecule has 1 unspecified atom stereocenters. The van der Waals surface area contributed by atoms with Crippen molar-refractivity contribution in [2.45, 2.75) is 18.9 Å². The van der Waals surface area contributed by atoms with Gasteiger partial charge in [0.15, 0.2) is 11.5 Å². The Morgan fingerprint density at radius 3 is 2.56 bits per heavy atom. The van der Waals surface area contributed by atoms with Crippen LogP contribution in [0.5, 0.6) is 11.5 Å². The Labute approximate surface area is 154 Å². The highest BCUT2D eigenvalue weighted by molar-refractivity contribution is 7.92. The molecule has 1 aliphatic heterocycles. The Hall–Kier alpha value is -1.71. The SMILES string of the molecule is COc1cc(C(=O)N2CCCC2CN)cc(NS(C)(=O)=O)c1OC.Cl. The fourth-order valence-corrected chi connectivity index (χ4v) is 3.43. The van der Waals surface area contributed by atoms with Crippen LogP contribution < -0.4 is 19.9 Å². The molecule has 8 nitrogen and oxygen atoms in total. The number of amides is 1. The zero-order valence-electron chi connectivity index (χ0n) is 14.4. The van der Waals surface area contributed by atoms with E-state index in [0.29, 0.717) is 18.7 Å². The molecule has 0 radical (unpaired) electrons. The summed E-state index contributed by atoms with van der Waals surface area (Å²) in [6.45, 7) is 1.03. The van der Waals surface area contributed by atoms with Crippen LogP contribution in [0.3, 0.4) is 0 Å². The Morgan fingerprint density at radius 2 is 2.04 bits per heavy atom. The summed E-state index contributed by atoms with van der Waals surface area (Å²) in [7, 11) is -0.716. The maximum absolute atomic E-state index is 12.8. The molecule has 1 aromatic carbocycles. The number of hydrogen-bond donors (Lipinski definition) is 2. The van der Waals surface area contributed by atoms with Crippen LogP contribution in [0.25, 0.3) is 0 Å². The summed E-state index contributed by atoms with van der Waals surface area (Å²) in [5.41, 5.74) is 6.20. The lowest BCUT2D eigenvalue weighted by atomic mass is 10.1. The van der Waals surface area contributed by atoms with Gasteiger partial charge in [-0.1, -0.05) is 0 Å². The van der Waals surface area contributed by atoms with E-state index in [1.54, 1.807) is 11.0 Å². The van der Waals surface area contributed by atoms with Gasteiger partial charge in [-0.25, -0.2) is 8.42 Å². The second-order valence-electron chi connectivity index (χ2n) is 5.66. The van der Waals surface area contributed by atoms with Gasteiger partial charge in [0.2, 0.25) is 10.0 Å². The first-order valence-electron chi connectivity index (χ1n) is 7.55. The number of hydrogen-bond acceptors (Lipinski definition) is 6. The van der Waals surface area contributed by atoms with Gasteiger partial charge in [-0.05, 0) is 25.0 Å². The number of anilines is 1. The number of halogens is 1. The van der Waals surface area contributed by atoms with E-state index < -0.39 is 10.0 Å². The molecule has 0 saturated carbocycles. The van der Waals surface area contributed by atoms with Crippen LogP contribution in [0, 0.1) is 0 Å². The minimum absolute atomic E-state index is 0. The summed E-state index contributed by atoms with van der Waals surface area (Å²) >= 11 is 0. The molecule has 1 aromatic rings. The molecule has 1 atom stereocenters. The number of sulfonamides is 1. The number of carbonyl (C=O) groups excluding carboxylic acids is 1. The van der Waals surface area contributed by atoms with E-state index in [4.69, 9.17) is 15.2 Å². The number of nitrogens with one attached hydrogen (secondary N) is 1. The lowest BCUT2D eigenvalue weighted by Gasteiger charge is -2.24. The Kier molecular flexibility index (Phi) is 7.33. The molecule has 0 aromatic heterocycles. The number of ether oxygens (including phenoxy) is 2. The van der Waals surface area contributed by atoms with Crippen molar-refractivity contribution in [3.63, 3.8) is 0 Å². The van der Waals surface area contributed by atoms with Gasteiger partial charge in [0, 0.05) is 24.7 Å². The van der Waals surface area contributed by atoms with Gasteiger partial charge >= 0.3 is 0 Å². The quantitative estimate of drug-likeness (QED) is 0.747. The van der Waals surface area contributed by atoms with Crippen molar-refractivity contribution < 1.29 is 22.7 Å². The first-order valence-corrected chi connectivity index (χ1v) is 9.44. The van der Waals surface area contributed by atoms with Gasteiger partial charge in [-0.15, -0.1) is 12.4 Å². The van der Waals surface area contributed by atoms with Crippen LogP contribution >= 0.6 is 12.4 Å². The van der Waals surface area contributed by atoms with Crippen molar-refractivity contribution >= 4 is 34.0 Å². The average molecular weight is 394 g/mol. The van der Waals surface area contributed by atoms with Crippen molar-refractivity contribution in [2.75, 3.05) is 38.3 Å². The molecule has 0 spiro atoms. The monoisotopic (exact) mass is 393 g/mol. The van der Waals surface area contributed by atoms with Gasteiger partial charge in [0.25, 0.3) is 5.91 Å². The molecule has 25 heavy (non-hydrogen) atoms. The number of benzene rings is 1. The molecule has 0 aliphatic carbocycles. The molecule has 3 N–H and O–H groups in total. The number of carbonyl (C=O) groups is 1. The van der Waals surface area contributed by atoms with Crippen LogP contribution in [0.15, 0.2) is 12.1 Å². The summed E-state index contributed by atoms with van der Waals surface area (Å²) in [4.78, 5) is 14.5. The number of nitrogens with zero attached hydrogens (tertiary/aromatic N) is 1. The first kappa shape index (κ1) is 21.3. The summed E-state index contributed by atoms with van der Waals surface area (Å²) in [5, 5.41) is 0. The maximum atomic E-state index is 12.8. The Morgan fingerprint density at radius 1 is 1.36 bits per heavy atom. The third-order valence-corrected chi connectivity index (χ3v) is 4.52. The molecule has 1 fully saturated rings. The topological polar surface area (TPSA) is 111 Å². The van der Waals surface area contributed by atoms with Crippen LogP contribution in [0.4, 0.5) is 5.69 Å². The number of rotatable bonds is 6. The normalized spacial score (nSPS) is 17.0. The maximum Gasteiger partial charge on any atom is 0.254 e. The molecular weight excluding hydrogens is 370 g/mol. The van der Waals surface area contributed by atoms with E-state index in [0.717, 1.165) is 19.1 Å². The van der Waals surface area contributed by atoms with Gasteiger partial charge in [-0.2, -0.15) is 0 Å². The molecule has 0 bridgehead atoms. The highest BCUT2D eigenvalue weighted by atomic mass is 35.5. The number of nitrogens with two attached hydrogens (primary N) is 1. The van der Waals surface area contributed by atoms with Crippen LogP contribution in [0.2, 0.25) is 0 Å². The highest BCUT2D eigenvalue weighted by Gasteiger charge is 2.29. The fraction of sp³-hybridized carbons (Fsp3) is 0.533. The third-order valence-electron chi connectivity index (χ3n) is 3.93. The lowest BCUT2D eigenvalue weighted by Crippen LogP contribution is -2.39. The lowest BCUT2D eigenvalue weighted by molar-refractivity contribution is 0.0741. The van der Waals surface area contributed by atoms with Gasteiger partial charge in [-0.3, -0.25) is 9.52 Å². The second-order valence-corrected chi connectivity index (χ2v) is 7.41. The van der Waals surface area contributed by atoms with Gasteiger partial charge < -0.3 is 20.1 Å². The summed E-state index contributed by atoms with van der Waals surface area (Å²) in [6, 6.07) is 2.99. The standard InChI is InChI=1S/C15H23N3O5S.ClH/c1-22-13-8-10(15(19)18-6-4-5-11(18)9-16)7-12(14(13)23-2)17-24(3,20)21;/h7-8,11,17H,4-6,9,16H2,1-3H3;1H. The van der Waals surface area contributed by atoms with Crippen LogP contribution in [-0.4, -0.2) is 58.8 Å². The third kappa shape index (κ3) is 4.90. The highest BCUT2D eigenvalue weighted by Crippen LogP contribution is 2.37. The average Bonchev–Trinajstić information content (AvgIpc) is 3.00. The minimum Gasteiger partial charge on any atom is -0.493 e. The molecule has 1 aliphatic rings. The zero-order chi connectivity index (χ0) is 17.9. The number of likely N-dealkylation sites (tertiary alicyclic amines) is 1. The van der Waals surface area contributed by atoms with Crippen LogP contribution in [0.1, 0.15) is 23.2 Å². The fourth-order valence-electron chi connectivity index (χ4n) is 2.88. The smallest absolute Gasteiger partial charge is 0.254 e. The molecule has 2 rings (SSSR count). The Bertz CT molecular complexity index is 726. The summed E-state index contributed by atoms with van der Waals surface area (Å²) in [6.07, 6.45) is 2.79. The number of methoxy groups -OCH3 is 2. The van der Waals surface area contributed by atoms with Crippen LogP contribution in [-0.2, 0) is 10.0 Å². The van der Waals surface area contributed by atoms with E-state index in [1.807, 2.05) is 0 Å². The molecule has 1 saturated heterocycles. The second kappa shape index (κ2) is 8.59. The van der Waals surface area contributed by atoms with E-state index in [9.17, 15) is 13.2 Å². The molecule has 142 valence electrons. The predicted octanol–water partition coefficient (Wildman–Crippen LogP) is 1.06. The van der Waals surface area contributed by atoms with Crippen molar-refractivity contribution in [2.24, 2.45) is 5.73 Å². The Balaban J connectivity index is 0.00000312. The van der Waals surface area contributed by atoms with E-state index in [-0.39, 0.29) is 41.5 Å². The van der Waals surface area contributed by atoms with E-state index in [2.05, 4.69) is 4.72 Å². The van der Waals surface area contributed by atoms with Crippen molar-refractivity contribution in [1.82, 2.24) is 4.90 Å². The van der Waals surface area contributed by atoms with Crippen molar-refractivity contribution in [3.05, 3.63) is 17.7 Å². The van der Waals surface area contributed by atoms with E-state index in [1.165, 1.54) is 20.3 Å². The first-order chi connectivity index (χ1) is 11.3. The summed E-state index contributed by atoms with van der Waals surface area (Å²) in [5.74, 6) is 0.287. The largest absolute Gasteiger partial charge is 0.493 e. The van der Waals surface area contributed by atoms with Gasteiger partial charge in [0.05, 0.1) is 26.2 Å². The predicted molar refractivity (Wildman–Crippen MR) is 98.4 cm³/mol.